The van der Waals surface area contributed by atoms with Crippen molar-refractivity contribution in [2.75, 3.05) is 18.5 Å². The zero-order chi connectivity index (χ0) is 22.0. The average molecular weight is 494 g/mol. The van der Waals surface area contributed by atoms with Gasteiger partial charge in [-0.3, -0.25) is 0 Å². The van der Waals surface area contributed by atoms with Crippen molar-refractivity contribution in [3.8, 4) is 0 Å². The molecule has 3 N–H and O–H groups in total. The van der Waals surface area contributed by atoms with Crippen LogP contribution in [0.4, 0.5) is 5.69 Å². The normalized spacial score (nSPS) is 15.0. The van der Waals surface area contributed by atoms with Gasteiger partial charge in [0.25, 0.3) is 5.01 Å². The lowest BCUT2D eigenvalue weighted by atomic mass is 10.1. The third kappa shape index (κ3) is 4.80. The molecule has 2 heterocycles. The number of fused-ring (bicyclic) bond motifs is 2. The minimum Gasteiger partial charge on any atom is -0.396 e. The predicted octanol–water partition coefficient (Wildman–Crippen LogP) is 5.88. The smallest absolute Gasteiger partial charge is 0.263 e. The Morgan fingerprint density at radius 1 is 1.16 bits per heavy atom. The van der Waals surface area contributed by atoms with Crippen LogP contribution in [-0.4, -0.2) is 23.4 Å². The van der Waals surface area contributed by atoms with E-state index in [1.54, 1.807) is 23.1 Å². The van der Waals surface area contributed by atoms with Crippen LogP contribution in [0.3, 0.4) is 0 Å². The third-order valence-electron chi connectivity index (χ3n) is 5.08. The van der Waals surface area contributed by atoms with Gasteiger partial charge >= 0.3 is 0 Å². The summed E-state index contributed by atoms with van der Waals surface area (Å²) in [5, 5.41) is 26.1. The molecule has 0 spiro atoms. The number of hydrogen-bond acceptors (Lipinski definition) is 5. The van der Waals surface area contributed by atoms with Crippen molar-refractivity contribution < 1.29 is 14.8 Å². The van der Waals surface area contributed by atoms with Gasteiger partial charge in [0.05, 0.1) is 15.7 Å². The number of aromatic nitrogens is 1. The van der Waals surface area contributed by atoms with E-state index in [4.69, 9.17) is 23.2 Å². The number of nitrogens with one attached hydrogen (secondary N) is 1. The van der Waals surface area contributed by atoms with Crippen LogP contribution >= 0.6 is 46.3 Å². The first-order valence-corrected chi connectivity index (χ1v) is 12.4. The molecule has 0 atom stereocenters. The number of anilines is 1. The Balaban J connectivity index is 1.75. The molecule has 0 saturated carbocycles. The number of thioether (sulfide) groups is 1. The third-order valence-corrected chi connectivity index (χ3v) is 7.78. The molecule has 31 heavy (non-hydrogen) atoms. The lowest BCUT2D eigenvalue weighted by Gasteiger charge is -2.04. The number of halogens is 2. The van der Waals surface area contributed by atoms with Crippen LogP contribution in [0.5, 0.6) is 0 Å². The summed E-state index contributed by atoms with van der Waals surface area (Å²) in [7, 11) is 0. The molecule has 2 aromatic carbocycles. The van der Waals surface area contributed by atoms with Gasteiger partial charge in [0.15, 0.2) is 6.54 Å². The van der Waals surface area contributed by atoms with Crippen molar-refractivity contribution in [2.24, 2.45) is 0 Å². The van der Waals surface area contributed by atoms with Gasteiger partial charge in [-0.05, 0) is 48.4 Å². The fourth-order valence-electron chi connectivity index (χ4n) is 3.63. The number of hydrogen-bond donors (Lipinski definition) is 3. The second kappa shape index (κ2) is 9.94. The molecule has 8 heteroatoms. The Bertz CT molecular complexity index is 1190. The highest BCUT2D eigenvalue weighted by molar-refractivity contribution is 8.03. The van der Waals surface area contributed by atoms with Gasteiger partial charge in [-0.15, -0.1) is 0 Å². The first kappa shape index (κ1) is 22.6. The Labute approximate surface area is 199 Å². The molecule has 3 aromatic rings. The zero-order valence-corrected chi connectivity index (χ0v) is 20.1. The Morgan fingerprint density at radius 2 is 2.00 bits per heavy atom. The summed E-state index contributed by atoms with van der Waals surface area (Å²) in [5.74, 6) is 0. The van der Waals surface area contributed by atoms with Crippen molar-refractivity contribution in [2.45, 2.75) is 31.2 Å². The quantitative estimate of drug-likeness (QED) is 0.360. The Kier molecular flexibility index (Phi) is 7.26. The van der Waals surface area contributed by atoms with E-state index >= 15 is 0 Å². The number of aliphatic hydroxyl groups is 2. The van der Waals surface area contributed by atoms with Crippen LogP contribution in [0.25, 0.3) is 16.3 Å². The van der Waals surface area contributed by atoms with E-state index < -0.39 is 0 Å². The van der Waals surface area contributed by atoms with Crippen LogP contribution in [0.2, 0.25) is 10.0 Å². The maximum atomic E-state index is 9.70. The summed E-state index contributed by atoms with van der Waals surface area (Å²) in [4.78, 5) is 1.16. The van der Waals surface area contributed by atoms with Gasteiger partial charge in [0, 0.05) is 34.6 Å². The van der Waals surface area contributed by atoms with E-state index in [1.165, 1.54) is 5.57 Å². The molecule has 162 valence electrons. The first-order valence-electron chi connectivity index (χ1n) is 10.1. The van der Waals surface area contributed by atoms with E-state index in [2.05, 4.69) is 29.0 Å². The maximum absolute atomic E-state index is 9.70. The fourth-order valence-corrected chi connectivity index (χ4v) is 6.21. The van der Waals surface area contributed by atoms with E-state index in [0.29, 0.717) is 23.0 Å². The molecule has 1 aromatic heterocycles. The van der Waals surface area contributed by atoms with Crippen molar-refractivity contribution >= 4 is 68.3 Å². The Morgan fingerprint density at radius 3 is 2.74 bits per heavy atom. The summed E-state index contributed by atoms with van der Waals surface area (Å²) in [6.45, 7) is 2.65. The van der Waals surface area contributed by atoms with Gasteiger partial charge in [-0.1, -0.05) is 53.2 Å². The molecule has 4 rings (SSSR count). The molecule has 0 radical (unpaired) electrons. The minimum atomic E-state index is 0.0262. The van der Waals surface area contributed by atoms with Crippen LogP contribution in [0, 0.1) is 0 Å². The zero-order valence-electron chi connectivity index (χ0n) is 17.0. The summed E-state index contributed by atoms with van der Waals surface area (Å²) in [6, 6.07) is 9.76. The van der Waals surface area contributed by atoms with Crippen molar-refractivity contribution in [3.05, 3.63) is 67.6 Å². The Hall–Kier alpha value is -1.54. The molecule has 0 saturated heterocycles. The number of nitrogens with zero attached hydrogens (tertiary/aromatic N) is 1. The van der Waals surface area contributed by atoms with Crippen molar-refractivity contribution in [1.82, 2.24) is 0 Å². The monoisotopic (exact) mass is 493 g/mol. The summed E-state index contributed by atoms with van der Waals surface area (Å²) < 4.78 is 3.19. The fraction of sp³-hybridized carbons (Fsp3) is 0.261. The highest BCUT2D eigenvalue weighted by atomic mass is 35.5. The van der Waals surface area contributed by atoms with Gasteiger partial charge in [0.2, 0.25) is 5.52 Å². The van der Waals surface area contributed by atoms with Gasteiger partial charge in [0.1, 0.15) is 11.3 Å². The lowest BCUT2D eigenvalue weighted by molar-refractivity contribution is -0.670. The highest BCUT2D eigenvalue weighted by Gasteiger charge is 2.24. The van der Waals surface area contributed by atoms with Crippen molar-refractivity contribution in [3.63, 3.8) is 0 Å². The van der Waals surface area contributed by atoms with Crippen LogP contribution < -0.4 is 9.88 Å². The largest absolute Gasteiger partial charge is 0.396 e. The molecule has 0 aliphatic carbocycles. The predicted molar refractivity (Wildman–Crippen MR) is 132 cm³/mol. The number of thiazole rings is 1. The molecule has 0 fully saturated rings. The SMILES string of the molecule is CCC(=Cc1sc2ccc(Cl)c(CCO)c2[n+]1CCO)C=C1Nc2cc(Cl)ccc2S1. The average Bonchev–Trinajstić information content (AvgIpc) is 3.30. The minimum absolute atomic E-state index is 0.0262. The number of allylic oxidation sites excluding steroid dienone is 2. The van der Waals surface area contributed by atoms with Gasteiger partial charge in [-0.25, -0.2) is 0 Å². The molecular weight excluding hydrogens is 471 g/mol. The summed E-state index contributed by atoms with van der Waals surface area (Å²) >= 11 is 15.9. The topological polar surface area (TPSA) is 56.4 Å². The molecule has 1 aliphatic heterocycles. The number of benzene rings is 2. The highest BCUT2D eigenvalue weighted by Crippen LogP contribution is 2.42. The van der Waals surface area contributed by atoms with Crippen LogP contribution in [0.1, 0.15) is 23.9 Å². The second-order valence-electron chi connectivity index (χ2n) is 7.11. The lowest BCUT2D eigenvalue weighted by Crippen LogP contribution is -2.37. The molecule has 0 bridgehead atoms. The second-order valence-corrected chi connectivity index (χ2v) is 10.1. The van der Waals surface area contributed by atoms with Gasteiger partial charge in [-0.2, -0.15) is 4.57 Å². The van der Waals surface area contributed by atoms with Crippen molar-refractivity contribution in [1.29, 1.82) is 0 Å². The van der Waals surface area contributed by atoms with E-state index in [1.807, 2.05) is 30.3 Å². The molecule has 0 unspecified atom stereocenters. The first-order chi connectivity index (χ1) is 15.0. The summed E-state index contributed by atoms with van der Waals surface area (Å²) in [6.07, 6.45) is 5.67. The van der Waals surface area contributed by atoms with E-state index in [9.17, 15) is 10.2 Å². The van der Waals surface area contributed by atoms with E-state index in [-0.39, 0.29) is 13.2 Å². The molecule has 0 amide bonds. The van der Waals surface area contributed by atoms with E-state index in [0.717, 1.165) is 42.8 Å². The maximum Gasteiger partial charge on any atom is 0.263 e. The van der Waals surface area contributed by atoms with Crippen LogP contribution in [0.15, 0.2) is 51.9 Å². The standard InChI is InChI=1S/C23H22Cl2N2O2S2/c1-2-14(11-21-26-18-13-15(24)3-5-19(18)30-21)12-22-27(8-10-29)23-16(7-9-28)17(25)4-6-20(23)31-22/h3-6,11-13,28-29H,2,7-10H2,1H3/p+1. The molecular formula is C23H23Cl2N2O2S2+. The van der Waals surface area contributed by atoms with Crippen LogP contribution in [-0.2, 0) is 13.0 Å². The molecule has 4 nitrogen and oxygen atoms in total. The summed E-state index contributed by atoms with van der Waals surface area (Å²) in [5.41, 5.74) is 4.11. The number of aliphatic hydroxyl groups excluding tert-OH is 2. The molecule has 1 aliphatic rings. The van der Waals surface area contributed by atoms with Gasteiger partial charge < -0.3 is 15.5 Å². The number of rotatable bonds is 7.